The minimum Gasteiger partial charge on any atom is -0.166 e. The third-order valence-electron chi connectivity index (χ3n) is 4.72. The van der Waals surface area contributed by atoms with Crippen molar-refractivity contribution in [3.05, 3.63) is 34.4 Å². The molecule has 1 aromatic rings. The van der Waals surface area contributed by atoms with E-state index in [1.807, 2.05) is 13.8 Å². The van der Waals surface area contributed by atoms with Gasteiger partial charge in [0, 0.05) is 0 Å². The Morgan fingerprint density at radius 3 is 1.82 bits per heavy atom. The van der Waals surface area contributed by atoms with Gasteiger partial charge in [-0.15, -0.1) is 0 Å². The lowest BCUT2D eigenvalue weighted by molar-refractivity contribution is -0.137. The highest BCUT2D eigenvalue weighted by Gasteiger charge is 2.38. The molecule has 1 fully saturated rings. The number of hydrogen-bond donors (Lipinski definition) is 0. The van der Waals surface area contributed by atoms with Crippen LogP contribution in [-0.2, 0) is 11.6 Å². The number of hydrogen-bond acceptors (Lipinski definition) is 0. The number of halogens is 3. The molecule has 0 N–H and O–H groups in total. The fourth-order valence-electron chi connectivity index (χ4n) is 3.38. The molecule has 1 aromatic carbocycles. The molecule has 2 rings (SSSR count). The fourth-order valence-corrected chi connectivity index (χ4v) is 3.38. The van der Waals surface area contributed by atoms with Crippen LogP contribution < -0.4 is 0 Å². The van der Waals surface area contributed by atoms with E-state index in [1.54, 1.807) is 0 Å². The Labute approximate surface area is 132 Å². The van der Waals surface area contributed by atoms with Gasteiger partial charge in [-0.3, -0.25) is 0 Å². The molecule has 1 aliphatic carbocycles. The summed E-state index contributed by atoms with van der Waals surface area (Å²) < 4.78 is 40.0. The van der Waals surface area contributed by atoms with E-state index in [1.165, 1.54) is 12.1 Å². The first-order valence-electron chi connectivity index (χ1n) is 8.18. The van der Waals surface area contributed by atoms with Gasteiger partial charge in [-0.05, 0) is 64.8 Å². The second kappa shape index (κ2) is 5.58. The van der Waals surface area contributed by atoms with Gasteiger partial charge >= 0.3 is 6.18 Å². The van der Waals surface area contributed by atoms with Gasteiger partial charge in [-0.2, -0.15) is 13.2 Å². The van der Waals surface area contributed by atoms with Gasteiger partial charge in [-0.25, -0.2) is 0 Å². The van der Waals surface area contributed by atoms with Gasteiger partial charge in [0.2, 0.25) is 0 Å². The molecule has 0 bridgehead atoms. The van der Waals surface area contributed by atoms with E-state index in [4.69, 9.17) is 0 Å². The molecular weight excluding hydrogens is 285 g/mol. The van der Waals surface area contributed by atoms with Crippen LogP contribution in [0.2, 0.25) is 0 Å². The first-order chi connectivity index (χ1) is 9.93. The molecule has 0 amide bonds. The normalized spacial score (nSPS) is 17.9. The Kier molecular flexibility index (Phi) is 4.40. The van der Waals surface area contributed by atoms with Crippen LogP contribution in [0.4, 0.5) is 13.2 Å². The van der Waals surface area contributed by atoms with E-state index in [2.05, 4.69) is 27.7 Å². The lowest BCUT2D eigenvalue weighted by atomic mass is 9.73. The van der Waals surface area contributed by atoms with Crippen molar-refractivity contribution in [3.8, 4) is 0 Å². The summed E-state index contributed by atoms with van der Waals surface area (Å²) in [5.74, 6) is 0.834. The SMILES string of the molecule is CC(C)c1cc(C(F)(F)F)cc(C(C)C2CC2)c1C(C)(C)C. The minimum absolute atomic E-state index is 0.0849. The van der Waals surface area contributed by atoms with Crippen LogP contribution in [0.1, 0.15) is 88.5 Å². The van der Waals surface area contributed by atoms with Crippen molar-refractivity contribution in [1.82, 2.24) is 0 Å². The van der Waals surface area contributed by atoms with Crippen molar-refractivity contribution in [1.29, 1.82) is 0 Å². The van der Waals surface area contributed by atoms with Gasteiger partial charge in [-0.1, -0.05) is 41.5 Å². The molecule has 0 spiro atoms. The first kappa shape index (κ1) is 17.4. The van der Waals surface area contributed by atoms with Crippen molar-refractivity contribution in [2.24, 2.45) is 5.92 Å². The Morgan fingerprint density at radius 1 is 0.955 bits per heavy atom. The molecule has 0 radical (unpaired) electrons. The van der Waals surface area contributed by atoms with E-state index in [0.29, 0.717) is 5.92 Å². The summed E-state index contributed by atoms with van der Waals surface area (Å²) in [6, 6.07) is 2.78. The van der Waals surface area contributed by atoms with Crippen LogP contribution in [-0.4, -0.2) is 0 Å². The summed E-state index contributed by atoms with van der Waals surface area (Å²) in [5.41, 5.74) is 2.24. The number of alkyl halides is 3. The quantitative estimate of drug-likeness (QED) is 0.587. The monoisotopic (exact) mass is 312 g/mol. The minimum atomic E-state index is -4.28. The molecule has 22 heavy (non-hydrogen) atoms. The molecule has 1 saturated carbocycles. The molecule has 0 saturated heterocycles. The molecule has 3 heteroatoms. The van der Waals surface area contributed by atoms with E-state index in [-0.39, 0.29) is 17.3 Å². The maximum absolute atomic E-state index is 13.3. The van der Waals surface area contributed by atoms with Crippen LogP contribution in [0.5, 0.6) is 0 Å². The molecule has 1 unspecified atom stereocenters. The van der Waals surface area contributed by atoms with Crippen molar-refractivity contribution in [2.45, 2.75) is 77.8 Å². The molecule has 1 atom stereocenters. The smallest absolute Gasteiger partial charge is 0.166 e. The standard InChI is InChI=1S/C19H27F3/c1-11(2)15-9-14(19(20,21)22)10-16(12(3)13-7-8-13)17(15)18(4,5)6/h9-13H,7-8H2,1-6H3. The van der Waals surface area contributed by atoms with Crippen LogP contribution in [0.25, 0.3) is 0 Å². The average molecular weight is 312 g/mol. The number of rotatable bonds is 3. The lowest BCUT2D eigenvalue weighted by Gasteiger charge is -2.31. The summed E-state index contributed by atoms with van der Waals surface area (Å²) >= 11 is 0. The molecule has 0 nitrogen and oxygen atoms in total. The highest BCUT2D eigenvalue weighted by Crippen LogP contribution is 2.48. The van der Waals surface area contributed by atoms with Crippen molar-refractivity contribution in [3.63, 3.8) is 0 Å². The van der Waals surface area contributed by atoms with Gasteiger partial charge < -0.3 is 0 Å². The van der Waals surface area contributed by atoms with E-state index >= 15 is 0 Å². The van der Waals surface area contributed by atoms with Gasteiger partial charge in [0.05, 0.1) is 5.56 Å². The summed E-state index contributed by atoms with van der Waals surface area (Å²) in [6.07, 6.45) is -2.01. The molecule has 124 valence electrons. The largest absolute Gasteiger partial charge is 0.416 e. The molecule has 1 aliphatic rings. The highest BCUT2D eigenvalue weighted by atomic mass is 19.4. The van der Waals surface area contributed by atoms with E-state index < -0.39 is 11.7 Å². The van der Waals surface area contributed by atoms with Crippen molar-refractivity contribution >= 4 is 0 Å². The fraction of sp³-hybridized carbons (Fsp3) is 0.684. The second-order valence-electron chi connectivity index (χ2n) is 8.06. The Hall–Kier alpha value is -0.990. The Bertz CT molecular complexity index is 543. The zero-order valence-electron chi connectivity index (χ0n) is 14.4. The average Bonchev–Trinajstić information content (AvgIpc) is 3.18. The number of benzene rings is 1. The summed E-state index contributed by atoms with van der Waals surface area (Å²) in [4.78, 5) is 0. The maximum atomic E-state index is 13.3. The van der Waals surface area contributed by atoms with Crippen molar-refractivity contribution in [2.75, 3.05) is 0 Å². The second-order valence-corrected chi connectivity index (χ2v) is 8.06. The Morgan fingerprint density at radius 2 is 1.45 bits per heavy atom. The summed E-state index contributed by atoms with van der Waals surface area (Å²) in [7, 11) is 0. The molecule has 0 heterocycles. The Balaban J connectivity index is 2.72. The predicted octanol–water partition coefficient (Wildman–Crippen LogP) is 6.64. The predicted molar refractivity (Wildman–Crippen MR) is 85.4 cm³/mol. The van der Waals surface area contributed by atoms with Crippen LogP contribution in [0.3, 0.4) is 0 Å². The third kappa shape index (κ3) is 3.49. The van der Waals surface area contributed by atoms with E-state index in [9.17, 15) is 13.2 Å². The zero-order valence-corrected chi connectivity index (χ0v) is 14.4. The van der Waals surface area contributed by atoms with Crippen molar-refractivity contribution < 1.29 is 13.2 Å². The summed E-state index contributed by atoms with van der Waals surface area (Å²) in [6.45, 7) is 12.4. The van der Waals surface area contributed by atoms with E-state index in [0.717, 1.165) is 29.5 Å². The van der Waals surface area contributed by atoms with Gasteiger partial charge in [0.1, 0.15) is 0 Å². The maximum Gasteiger partial charge on any atom is 0.416 e. The molecule has 0 aliphatic heterocycles. The molecular formula is C19H27F3. The topological polar surface area (TPSA) is 0 Å². The summed E-state index contributed by atoms with van der Waals surface area (Å²) in [5, 5.41) is 0. The van der Waals surface area contributed by atoms with Crippen LogP contribution in [0, 0.1) is 5.92 Å². The highest BCUT2D eigenvalue weighted by molar-refractivity contribution is 5.47. The molecule has 0 aromatic heterocycles. The van der Waals surface area contributed by atoms with Crippen LogP contribution in [0.15, 0.2) is 12.1 Å². The lowest BCUT2D eigenvalue weighted by Crippen LogP contribution is -2.21. The van der Waals surface area contributed by atoms with Crippen LogP contribution >= 0.6 is 0 Å². The van der Waals surface area contributed by atoms with Gasteiger partial charge in [0.15, 0.2) is 0 Å². The first-order valence-corrected chi connectivity index (χ1v) is 8.18. The zero-order chi connectivity index (χ0) is 16.9. The third-order valence-corrected chi connectivity index (χ3v) is 4.72. The van der Waals surface area contributed by atoms with Gasteiger partial charge in [0.25, 0.3) is 0 Å².